The third kappa shape index (κ3) is 6.59. The van der Waals surface area contributed by atoms with Gasteiger partial charge in [-0.15, -0.1) is 0 Å². The highest BCUT2D eigenvalue weighted by Crippen LogP contribution is 2.24. The Bertz CT molecular complexity index is 924. The molecule has 33 heavy (non-hydrogen) atoms. The summed E-state index contributed by atoms with van der Waals surface area (Å²) in [5.74, 6) is 1.18. The number of carbonyl (C=O) groups excluding carboxylic acids is 2. The van der Waals surface area contributed by atoms with Crippen LogP contribution >= 0.6 is 0 Å². The molecule has 0 bridgehead atoms. The van der Waals surface area contributed by atoms with Gasteiger partial charge >= 0.3 is 0 Å². The van der Waals surface area contributed by atoms with Gasteiger partial charge in [0.2, 0.25) is 5.91 Å². The van der Waals surface area contributed by atoms with Crippen LogP contribution in [0.4, 0.5) is 0 Å². The van der Waals surface area contributed by atoms with Crippen LogP contribution in [0.1, 0.15) is 62.5 Å². The molecule has 2 heterocycles. The lowest BCUT2D eigenvalue weighted by Gasteiger charge is -2.34. The van der Waals surface area contributed by atoms with Crippen LogP contribution in [-0.2, 0) is 18.3 Å². The number of rotatable bonds is 6. The molecule has 1 aromatic carbocycles. The van der Waals surface area contributed by atoms with Crippen molar-refractivity contribution in [3.05, 3.63) is 47.8 Å². The predicted octanol–water partition coefficient (Wildman–Crippen LogP) is 3.93. The van der Waals surface area contributed by atoms with Gasteiger partial charge in [0.25, 0.3) is 5.91 Å². The summed E-state index contributed by atoms with van der Waals surface area (Å²) in [6.07, 6.45) is 5.46. The second-order valence-corrected chi connectivity index (χ2v) is 9.22. The number of hydrogen-bond donors (Lipinski definition) is 0. The van der Waals surface area contributed by atoms with Crippen molar-refractivity contribution in [1.82, 2.24) is 19.6 Å². The second kappa shape index (κ2) is 11.9. The zero-order chi connectivity index (χ0) is 23.8. The molecule has 180 valence electrons. The molecular weight excluding hydrogens is 416 g/mol. The molecule has 0 unspecified atom stereocenters. The van der Waals surface area contributed by atoms with E-state index in [2.05, 4.69) is 18.9 Å². The molecule has 0 N–H and O–H groups in total. The van der Waals surface area contributed by atoms with Gasteiger partial charge in [0.1, 0.15) is 12.4 Å². The maximum Gasteiger partial charge on any atom is 0.257 e. The summed E-state index contributed by atoms with van der Waals surface area (Å²) < 4.78 is 8.06. The standard InChI is InChI=1S/C26H38N4O3/c1-5-29-16-8-9-17-30(25(31)13-12-21-14-15-27-28(21)4)22(18-20(2)3)19-33-24-11-7-6-10-23(24)26(29)32/h6-7,10-11,14-15,20,22H,5,8-9,12-13,16-19H2,1-4H3/t22-/m0/s1. The van der Waals surface area contributed by atoms with Crippen molar-refractivity contribution in [2.75, 3.05) is 26.2 Å². The number of benzene rings is 1. The van der Waals surface area contributed by atoms with E-state index in [1.54, 1.807) is 6.20 Å². The summed E-state index contributed by atoms with van der Waals surface area (Å²) >= 11 is 0. The van der Waals surface area contributed by atoms with E-state index in [-0.39, 0.29) is 17.9 Å². The average Bonchev–Trinajstić information content (AvgIpc) is 3.21. The van der Waals surface area contributed by atoms with Gasteiger partial charge in [-0.3, -0.25) is 14.3 Å². The number of para-hydroxylation sites is 1. The molecule has 0 saturated heterocycles. The van der Waals surface area contributed by atoms with Crippen LogP contribution < -0.4 is 4.74 Å². The number of fused-ring (bicyclic) bond motifs is 1. The van der Waals surface area contributed by atoms with Crippen molar-refractivity contribution < 1.29 is 14.3 Å². The van der Waals surface area contributed by atoms with E-state index in [1.165, 1.54) is 0 Å². The summed E-state index contributed by atoms with van der Waals surface area (Å²) in [7, 11) is 1.91. The topological polar surface area (TPSA) is 67.7 Å². The van der Waals surface area contributed by atoms with Gasteiger partial charge in [0, 0.05) is 45.0 Å². The quantitative estimate of drug-likeness (QED) is 0.663. The molecule has 2 aromatic rings. The van der Waals surface area contributed by atoms with Crippen LogP contribution in [0.3, 0.4) is 0 Å². The van der Waals surface area contributed by atoms with Crippen molar-refractivity contribution in [1.29, 1.82) is 0 Å². The zero-order valence-corrected chi connectivity index (χ0v) is 20.5. The van der Waals surface area contributed by atoms with Gasteiger partial charge in [-0.2, -0.15) is 5.10 Å². The smallest absolute Gasteiger partial charge is 0.257 e. The lowest BCUT2D eigenvalue weighted by molar-refractivity contribution is -0.134. The van der Waals surface area contributed by atoms with Gasteiger partial charge in [0.15, 0.2) is 0 Å². The number of aromatic nitrogens is 2. The summed E-state index contributed by atoms with van der Waals surface area (Å²) in [5.41, 5.74) is 1.65. The first kappa shape index (κ1) is 24.8. The fourth-order valence-corrected chi connectivity index (χ4v) is 4.48. The first-order chi connectivity index (χ1) is 15.9. The minimum Gasteiger partial charge on any atom is -0.491 e. The van der Waals surface area contributed by atoms with Crippen molar-refractivity contribution in [3.63, 3.8) is 0 Å². The molecule has 0 spiro atoms. The minimum absolute atomic E-state index is 0.0122. The molecule has 1 atom stereocenters. The fraction of sp³-hybridized carbons (Fsp3) is 0.577. The van der Waals surface area contributed by atoms with Crippen molar-refractivity contribution >= 4 is 11.8 Å². The Balaban J connectivity index is 1.83. The number of ether oxygens (including phenoxy) is 1. The highest BCUT2D eigenvalue weighted by Gasteiger charge is 2.27. The molecule has 1 aromatic heterocycles. The number of hydrogen-bond acceptors (Lipinski definition) is 4. The summed E-state index contributed by atoms with van der Waals surface area (Å²) in [4.78, 5) is 30.4. The van der Waals surface area contributed by atoms with E-state index < -0.39 is 0 Å². The molecule has 1 aliphatic rings. The molecule has 3 rings (SSSR count). The lowest BCUT2D eigenvalue weighted by atomic mass is 10.0. The number of nitrogens with zero attached hydrogens (tertiary/aromatic N) is 4. The monoisotopic (exact) mass is 454 g/mol. The first-order valence-corrected chi connectivity index (χ1v) is 12.2. The third-order valence-corrected chi connectivity index (χ3v) is 6.32. The maximum absolute atomic E-state index is 13.4. The van der Waals surface area contributed by atoms with Gasteiger partial charge in [-0.25, -0.2) is 0 Å². The van der Waals surface area contributed by atoms with E-state index in [4.69, 9.17) is 4.74 Å². The number of aryl methyl sites for hydroxylation is 2. The Labute approximate surface area is 197 Å². The molecule has 0 aliphatic carbocycles. The van der Waals surface area contributed by atoms with Crippen LogP contribution in [0, 0.1) is 5.92 Å². The molecule has 1 aliphatic heterocycles. The van der Waals surface area contributed by atoms with E-state index in [9.17, 15) is 9.59 Å². The van der Waals surface area contributed by atoms with Gasteiger partial charge < -0.3 is 14.5 Å². The Morgan fingerprint density at radius 1 is 1.18 bits per heavy atom. The fourth-order valence-electron chi connectivity index (χ4n) is 4.48. The minimum atomic E-state index is -0.0334. The lowest BCUT2D eigenvalue weighted by Crippen LogP contribution is -2.45. The molecule has 7 heteroatoms. The molecule has 0 fully saturated rings. The van der Waals surface area contributed by atoms with Gasteiger partial charge in [-0.1, -0.05) is 26.0 Å². The van der Waals surface area contributed by atoms with E-state index in [1.807, 2.05) is 58.8 Å². The average molecular weight is 455 g/mol. The summed E-state index contributed by atoms with van der Waals surface area (Å²) in [6.45, 7) is 8.73. The normalized spacial score (nSPS) is 17.8. The van der Waals surface area contributed by atoms with Gasteiger partial charge in [-0.05, 0) is 56.7 Å². The number of carbonyl (C=O) groups is 2. The molecule has 0 radical (unpaired) electrons. The van der Waals surface area contributed by atoms with E-state index in [0.29, 0.717) is 56.3 Å². The van der Waals surface area contributed by atoms with Crippen molar-refractivity contribution in [3.8, 4) is 5.75 Å². The summed E-state index contributed by atoms with van der Waals surface area (Å²) in [6, 6.07) is 9.39. The Morgan fingerprint density at radius 2 is 1.94 bits per heavy atom. The predicted molar refractivity (Wildman–Crippen MR) is 129 cm³/mol. The third-order valence-electron chi connectivity index (χ3n) is 6.32. The Hall–Kier alpha value is -2.83. The Morgan fingerprint density at radius 3 is 2.64 bits per heavy atom. The highest BCUT2D eigenvalue weighted by atomic mass is 16.5. The van der Waals surface area contributed by atoms with Crippen molar-refractivity contribution in [2.24, 2.45) is 13.0 Å². The largest absolute Gasteiger partial charge is 0.491 e. The molecule has 2 amide bonds. The second-order valence-electron chi connectivity index (χ2n) is 9.22. The maximum atomic E-state index is 13.4. The zero-order valence-electron chi connectivity index (χ0n) is 20.5. The van der Waals surface area contributed by atoms with Gasteiger partial charge in [0.05, 0.1) is 11.6 Å². The van der Waals surface area contributed by atoms with Crippen LogP contribution in [0.5, 0.6) is 5.75 Å². The van der Waals surface area contributed by atoms with Crippen LogP contribution in [0.25, 0.3) is 0 Å². The molecule has 0 saturated carbocycles. The Kier molecular flexibility index (Phi) is 8.92. The number of amides is 2. The summed E-state index contributed by atoms with van der Waals surface area (Å²) in [5, 5.41) is 4.21. The molecule has 7 nitrogen and oxygen atoms in total. The molecular formula is C26H38N4O3. The first-order valence-electron chi connectivity index (χ1n) is 12.2. The van der Waals surface area contributed by atoms with Crippen LogP contribution in [0.15, 0.2) is 36.5 Å². The van der Waals surface area contributed by atoms with Crippen LogP contribution in [-0.4, -0.2) is 63.7 Å². The van der Waals surface area contributed by atoms with Crippen molar-refractivity contribution in [2.45, 2.75) is 58.9 Å². The SMILES string of the molecule is CCN1CCCCN(C(=O)CCc2ccnn2C)[C@@H](CC(C)C)COc2ccccc2C1=O. The van der Waals surface area contributed by atoms with Crippen LogP contribution in [0.2, 0.25) is 0 Å². The highest BCUT2D eigenvalue weighted by molar-refractivity contribution is 5.96. The van der Waals surface area contributed by atoms with E-state index >= 15 is 0 Å². The van der Waals surface area contributed by atoms with E-state index in [0.717, 1.165) is 25.0 Å².